The summed E-state index contributed by atoms with van der Waals surface area (Å²) in [5, 5.41) is 7.81. The van der Waals surface area contributed by atoms with E-state index in [4.69, 9.17) is 0 Å². The average molecular weight is 341 g/mol. The van der Waals surface area contributed by atoms with Gasteiger partial charge in [-0.3, -0.25) is 4.79 Å². The van der Waals surface area contributed by atoms with Gasteiger partial charge in [0.05, 0.1) is 17.8 Å². The normalized spacial score (nSPS) is 12.3. The van der Waals surface area contributed by atoms with Crippen LogP contribution in [0, 0.1) is 19.3 Å². The fourth-order valence-corrected chi connectivity index (χ4v) is 3.70. The summed E-state index contributed by atoms with van der Waals surface area (Å²) in [5.74, 6) is 0.0491. The van der Waals surface area contributed by atoms with Gasteiger partial charge in [-0.15, -0.1) is 0 Å². The Hall–Kier alpha value is -2.10. The molecule has 4 heteroatoms. The van der Waals surface area contributed by atoms with E-state index in [-0.39, 0.29) is 16.9 Å². The van der Waals surface area contributed by atoms with E-state index < -0.39 is 0 Å². The van der Waals surface area contributed by atoms with Gasteiger partial charge in [0.2, 0.25) is 5.91 Å². The van der Waals surface area contributed by atoms with E-state index in [1.807, 2.05) is 48.9 Å². The maximum absolute atomic E-state index is 12.6. The molecule has 0 saturated heterocycles. The first-order chi connectivity index (χ1) is 11.5. The number of nitrogens with one attached hydrogen (secondary N) is 1. The number of aryl methyl sites for hydroxylation is 1. The van der Waals surface area contributed by atoms with Gasteiger partial charge < -0.3 is 5.32 Å². The third-order valence-electron chi connectivity index (χ3n) is 4.23. The lowest BCUT2D eigenvalue weighted by Gasteiger charge is -2.33. The number of rotatable bonds is 5. The Kier molecular flexibility index (Phi) is 5.40. The zero-order chi connectivity index (χ0) is 18.8. The molecule has 0 spiro atoms. The van der Waals surface area contributed by atoms with Crippen LogP contribution in [0.25, 0.3) is 5.69 Å². The van der Waals surface area contributed by atoms with Crippen molar-refractivity contribution >= 4 is 5.91 Å². The number of nitrogens with zero attached hydrogens (tertiary/aromatic N) is 2. The minimum absolute atomic E-state index is 0.0491. The average Bonchev–Trinajstić information content (AvgIpc) is 2.73. The Morgan fingerprint density at radius 2 is 1.68 bits per heavy atom. The van der Waals surface area contributed by atoms with E-state index in [9.17, 15) is 4.79 Å². The van der Waals surface area contributed by atoms with Crippen molar-refractivity contribution in [2.24, 2.45) is 5.41 Å². The molecular formula is C21H31N3O. The lowest BCUT2D eigenvalue weighted by atomic mass is 9.81. The highest BCUT2D eigenvalue weighted by Gasteiger charge is 2.27. The van der Waals surface area contributed by atoms with Crippen LogP contribution in [0.4, 0.5) is 0 Å². The quantitative estimate of drug-likeness (QED) is 0.878. The van der Waals surface area contributed by atoms with Crippen LogP contribution in [0.1, 0.15) is 58.0 Å². The first-order valence-corrected chi connectivity index (χ1v) is 8.90. The highest BCUT2D eigenvalue weighted by molar-refractivity contribution is 5.79. The van der Waals surface area contributed by atoms with Crippen molar-refractivity contribution in [3.63, 3.8) is 0 Å². The van der Waals surface area contributed by atoms with Crippen LogP contribution in [-0.4, -0.2) is 21.2 Å². The van der Waals surface area contributed by atoms with Gasteiger partial charge in [-0.1, -0.05) is 39.0 Å². The minimum atomic E-state index is -0.230. The molecule has 1 N–H and O–H groups in total. The summed E-state index contributed by atoms with van der Waals surface area (Å²) in [6.45, 7) is 14.7. The predicted molar refractivity (Wildman–Crippen MR) is 103 cm³/mol. The second kappa shape index (κ2) is 7.03. The summed E-state index contributed by atoms with van der Waals surface area (Å²) >= 11 is 0. The summed E-state index contributed by atoms with van der Waals surface area (Å²) in [4.78, 5) is 12.6. The molecule has 0 saturated carbocycles. The second-order valence-corrected chi connectivity index (χ2v) is 8.74. The van der Waals surface area contributed by atoms with Gasteiger partial charge in [0, 0.05) is 16.8 Å². The maximum atomic E-state index is 12.6. The van der Waals surface area contributed by atoms with E-state index in [0.717, 1.165) is 29.1 Å². The summed E-state index contributed by atoms with van der Waals surface area (Å²) in [7, 11) is 0. The van der Waals surface area contributed by atoms with Crippen LogP contribution in [-0.2, 0) is 11.2 Å². The minimum Gasteiger partial charge on any atom is -0.351 e. The van der Waals surface area contributed by atoms with Gasteiger partial charge in [0.1, 0.15) is 0 Å². The molecule has 25 heavy (non-hydrogen) atoms. The molecule has 1 aromatic heterocycles. The van der Waals surface area contributed by atoms with Gasteiger partial charge >= 0.3 is 0 Å². The van der Waals surface area contributed by atoms with E-state index >= 15 is 0 Å². The molecule has 1 aromatic carbocycles. The summed E-state index contributed by atoms with van der Waals surface area (Å²) in [6.07, 6.45) is 1.28. The van der Waals surface area contributed by atoms with Gasteiger partial charge in [-0.25, -0.2) is 4.68 Å². The number of para-hydroxylation sites is 1. The highest BCUT2D eigenvalue weighted by atomic mass is 16.1. The van der Waals surface area contributed by atoms with Crippen LogP contribution in [0.5, 0.6) is 0 Å². The standard InChI is InChI=1S/C21H31N3O/c1-15-18(13-19(25)22-21(6,7)14-20(3,4)5)16(2)24(23-15)17-11-9-8-10-12-17/h8-12H,13-14H2,1-7H3,(H,22,25). The SMILES string of the molecule is Cc1nn(-c2ccccc2)c(C)c1CC(=O)NC(C)(C)CC(C)(C)C. The molecule has 0 unspecified atom stereocenters. The molecule has 0 aliphatic heterocycles. The van der Waals surface area contributed by atoms with Crippen molar-refractivity contribution < 1.29 is 4.79 Å². The van der Waals surface area contributed by atoms with Crippen LogP contribution in [0.3, 0.4) is 0 Å². The van der Waals surface area contributed by atoms with Crippen LogP contribution < -0.4 is 5.32 Å². The van der Waals surface area contributed by atoms with Crippen molar-refractivity contribution in [1.29, 1.82) is 0 Å². The van der Waals surface area contributed by atoms with Crippen molar-refractivity contribution in [2.75, 3.05) is 0 Å². The molecule has 0 bridgehead atoms. The van der Waals surface area contributed by atoms with E-state index in [0.29, 0.717) is 6.42 Å². The van der Waals surface area contributed by atoms with E-state index in [1.165, 1.54) is 0 Å². The zero-order valence-electron chi connectivity index (χ0n) is 16.6. The van der Waals surface area contributed by atoms with Gasteiger partial charge in [-0.2, -0.15) is 5.10 Å². The van der Waals surface area contributed by atoms with Crippen molar-refractivity contribution in [1.82, 2.24) is 15.1 Å². The number of hydrogen-bond acceptors (Lipinski definition) is 2. The number of aromatic nitrogens is 2. The smallest absolute Gasteiger partial charge is 0.224 e. The first-order valence-electron chi connectivity index (χ1n) is 8.90. The Morgan fingerprint density at radius 3 is 2.24 bits per heavy atom. The number of hydrogen-bond donors (Lipinski definition) is 1. The summed E-state index contributed by atoms with van der Waals surface area (Å²) in [5.41, 5.74) is 3.89. The van der Waals surface area contributed by atoms with Crippen LogP contribution >= 0.6 is 0 Å². The number of carbonyl (C=O) groups excluding carboxylic acids is 1. The third kappa shape index (κ3) is 5.18. The second-order valence-electron chi connectivity index (χ2n) is 8.74. The molecule has 2 rings (SSSR count). The fourth-order valence-electron chi connectivity index (χ4n) is 3.70. The van der Waals surface area contributed by atoms with Crippen LogP contribution in [0.2, 0.25) is 0 Å². The Bertz CT molecular complexity index is 736. The molecule has 136 valence electrons. The molecular weight excluding hydrogens is 310 g/mol. The Labute approximate surface area is 151 Å². The number of benzene rings is 1. The molecule has 0 radical (unpaired) electrons. The summed E-state index contributed by atoms with van der Waals surface area (Å²) in [6, 6.07) is 10.0. The molecule has 0 aliphatic rings. The molecule has 0 aliphatic carbocycles. The van der Waals surface area contributed by atoms with Gasteiger partial charge in [-0.05, 0) is 51.7 Å². The first kappa shape index (κ1) is 19.2. The predicted octanol–water partition coefficient (Wildman–Crippen LogP) is 4.36. The van der Waals surface area contributed by atoms with Gasteiger partial charge in [0.15, 0.2) is 0 Å². The largest absolute Gasteiger partial charge is 0.351 e. The number of carbonyl (C=O) groups is 1. The lowest BCUT2D eigenvalue weighted by Crippen LogP contribution is -2.46. The molecule has 0 atom stereocenters. The number of amides is 1. The van der Waals surface area contributed by atoms with Crippen molar-refractivity contribution in [3.05, 3.63) is 47.3 Å². The lowest BCUT2D eigenvalue weighted by molar-refractivity contribution is -0.122. The molecule has 4 nitrogen and oxygen atoms in total. The molecule has 2 aromatic rings. The van der Waals surface area contributed by atoms with Crippen molar-refractivity contribution in [2.45, 2.75) is 66.8 Å². The van der Waals surface area contributed by atoms with Crippen LogP contribution in [0.15, 0.2) is 30.3 Å². The summed E-state index contributed by atoms with van der Waals surface area (Å²) < 4.78 is 1.91. The fraction of sp³-hybridized carbons (Fsp3) is 0.524. The van der Waals surface area contributed by atoms with Crippen molar-refractivity contribution in [3.8, 4) is 5.69 Å². The molecule has 1 heterocycles. The Morgan fingerprint density at radius 1 is 1.08 bits per heavy atom. The zero-order valence-corrected chi connectivity index (χ0v) is 16.6. The van der Waals surface area contributed by atoms with E-state index in [1.54, 1.807) is 0 Å². The molecule has 1 amide bonds. The maximum Gasteiger partial charge on any atom is 0.224 e. The molecule has 0 fully saturated rings. The topological polar surface area (TPSA) is 46.9 Å². The van der Waals surface area contributed by atoms with E-state index in [2.05, 4.69) is 45.0 Å². The van der Waals surface area contributed by atoms with Gasteiger partial charge in [0.25, 0.3) is 0 Å². The monoisotopic (exact) mass is 341 g/mol. The third-order valence-corrected chi connectivity index (χ3v) is 4.23. The highest BCUT2D eigenvalue weighted by Crippen LogP contribution is 2.27. The Balaban J connectivity index is 2.16.